The van der Waals surface area contributed by atoms with Gasteiger partial charge in [0.25, 0.3) is 0 Å². The number of hydrogen-bond donors (Lipinski definition) is 0. The Morgan fingerprint density at radius 2 is 0.843 bits per heavy atom. The van der Waals surface area contributed by atoms with Crippen molar-refractivity contribution in [3.8, 4) is 62.0 Å². The van der Waals surface area contributed by atoms with Gasteiger partial charge in [-0.15, -0.1) is 0 Å². The highest BCUT2D eigenvalue weighted by atomic mass is 19.4. The van der Waals surface area contributed by atoms with Gasteiger partial charge < -0.3 is 9.13 Å². The van der Waals surface area contributed by atoms with Crippen LogP contribution >= 0.6 is 0 Å². The van der Waals surface area contributed by atoms with E-state index in [0.717, 1.165) is 100 Å². The fourth-order valence-electron chi connectivity index (χ4n) is 10.3. The van der Waals surface area contributed by atoms with E-state index < -0.39 is 23.5 Å². The molecule has 2 heterocycles. The van der Waals surface area contributed by atoms with Crippen molar-refractivity contribution in [2.45, 2.75) is 40.0 Å². The van der Waals surface area contributed by atoms with Crippen LogP contribution in [-0.2, 0) is 12.4 Å². The van der Waals surface area contributed by atoms with E-state index in [1.54, 1.807) is 30.3 Å². The minimum absolute atomic E-state index is 0.142. The van der Waals surface area contributed by atoms with Crippen LogP contribution in [0.5, 0.6) is 0 Å². The molecular weight excluding hydrogens is 889 g/mol. The Kier molecular flexibility index (Phi) is 10.4. The maximum Gasteiger partial charge on any atom is 0.416 e. The molecule has 3 nitrogen and oxygen atoms in total. The highest BCUT2D eigenvalue weighted by Crippen LogP contribution is 2.45. The zero-order chi connectivity index (χ0) is 48.8. The maximum atomic E-state index is 14.4. The molecule has 0 aliphatic carbocycles. The van der Waals surface area contributed by atoms with E-state index in [1.807, 2.05) is 48.5 Å². The third-order valence-electron chi connectivity index (χ3n) is 13.5. The summed E-state index contributed by atoms with van der Waals surface area (Å²) in [6.07, 6.45) is -10.1. The van der Waals surface area contributed by atoms with E-state index in [9.17, 15) is 31.6 Å². The quantitative estimate of drug-likeness (QED) is 0.153. The summed E-state index contributed by atoms with van der Waals surface area (Å²) in [5.74, 6) is 0. The lowest BCUT2D eigenvalue weighted by Gasteiger charge is -2.21. The molecule has 0 spiro atoms. The number of aryl methyl sites for hydroxylation is 4. The van der Waals surface area contributed by atoms with Crippen molar-refractivity contribution in [1.82, 2.24) is 9.13 Å². The first-order valence-corrected chi connectivity index (χ1v) is 22.8. The van der Waals surface area contributed by atoms with Gasteiger partial charge in [0.2, 0.25) is 0 Å². The molecule has 0 unspecified atom stereocenters. The zero-order valence-electron chi connectivity index (χ0n) is 38.4. The zero-order valence-corrected chi connectivity index (χ0v) is 38.4. The van der Waals surface area contributed by atoms with Crippen LogP contribution in [0.3, 0.4) is 0 Å². The fraction of sp³-hybridized carbons (Fsp3) is 0.0984. The maximum absolute atomic E-state index is 14.4. The van der Waals surface area contributed by atoms with Gasteiger partial charge in [0.1, 0.15) is 0 Å². The number of halogens is 6. The van der Waals surface area contributed by atoms with Crippen LogP contribution in [-0.4, -0.2) is 9.13 Å². The number of nitrogens with zero attached hydrogens (tertiary/aromatic N) is 3. The van der Waals surface area contributed by atoms with Gasteiger partial charge in [-0.25, -0.2) is 0 Å². The lowest BCUT2D eigenvalue weighted by Crippen LogP contribution is -2.11. The average molecular weight is 930 g/mol. The van der Waals surface area contributed by atoms with E-state index in [0.29, 0.717) is 28.1 Å². The summed E-state index contributed by atoms with van der Waals surface area (Å²) in [4.78, 5) is 0. The molecule has 342 valence electrons. The second-order valence-electron chi connectivity index (χ2n) is 18.2. The van der Waals surface area contributed by atoms with E-state index in [-0.39, 0.29) is 17.2 Å². The summed E-state index contributed by atoms with van der Waals surface area (Å²) in [6.45, 7) is 8.29. The minimum Gasteiger partial charge on any atom is -0.309 e. The van der Waals surface area contributed by atoms with Crippen LogP contribution in [0.25, 0.3) is 99.5 Å². The predicted molar refractivity (Wildman–Crippen MR) is 271 cm³/mol. The number of nitriles is 1. The number of fused-ring (bicyclic) bond motifs is 6. The molecule has 0 N–H and O–H groups in total. The smallest absolute Gasteiger partial charge is 0.309 e. The van der Waals surface area contributed by atoms with Crippen molar-refractivity contribution < 1.29 is 26.3 Å². The summed E-state index contributed by atoms with van der Waals surface area (Å²) < 4.78 is 90.7. The highest BCUT2D eigenvalue weighted by molar-refractivity contribution is 6.13. The summed E-state index contributed by atoms with van der Waals surface area (Å²) in [5, 5.41) is 14.3. The largest absolute Gasteiger partial charge is 0.416 e. The third kappa shape index (κ3) is 7.48. The van der Waals surface area contributed by atoms with Crippen molar-refractivity contribution in [2.75, 3.05) is 0 Å². The summed E-state index contributed by atoms with van der Waals surface area (Å²) in [7, 11) is 0. The number of rotatable bonds is 6. The molecule has 0 amide bonds. The van der Waals surface area contributed by atoms with E-state index in [4.69, 9.17) is 0 Å². The SMILES string of the molecule is Cc1ccc(-c2ccc3c(c2)c2ccccc2n3-c2ccc(-c3cc(C(F)(F)F)cc(C(F)(F)F)c3)cc2-c2ccc(C#N)cc2-n2c3ccccc3c3cc(-c4ccc(C)cc4C)ccc32)c(C)c1. The van der Waals surface area contributed by atoms with Crippen LogP contribution < -0.4 is 0 Å². The molecule has 0 bridgehead atoms. The Hall–Kier alpha value is -8.35. The molecule has 2 aromatic heterocycles. The molecule has 9 aromatic carbocycles. The number of aromatic nitrogens is 2. The highest BCUT2D eigenvalue weighted by Gasteiger charge is 2.37. The summed E-state index contributed by atoms with van der Waals surface area (Å²) in [6, 6.07) is 55.6. The van der Waals surface area contributed by atoms with E-state index in [1.165, 1.54) is 0 Å². The number of alkyl halides is 6. The normalized spacial score (nSPS) is 12.1. The second kappa shape index (κ2) is 16.4. The first-order valence-electron chi connectivity index (χ1n) is 22.8. The standard InChI is InChI=1S/C61H41F6N3/c1-35-13-19-46(37(3)25-35)41-17-23-57-52(31-41)48-9-5-7-11-54(48)69(57)56-22-16-40(43-28-44(60(62,63)64)33-45(29-43)61(65,66)67)30-51(56)50-21-15-39(34-68)27-59(50)70-55-12-8-6-10-49(55)53-32-42(18-24-58(53)70)47-20-14-36(2)26-38(47)4/h5-33H,1-4H3. The van der Waals surface area contributed by atoms with E-state index in [2.05, 4.69) is 122 Å². The van der Waals surface area contributed by atoms with Gasteiger partial charge in [0.05, 0.1) is 56.2 Å². The van der Waals surface area contributed by atoms with Crippen LogP contribution in [0.1, 0.15) is 38.9 Å². The Labute approximate surface area is 399 Å². The Morgan fingerprint density at radius 3 is 1.34 bits per heavy atom. The Balaban J connectivity index is 1.22. The fourth-order valence-corrected chi connectivity index (χ4v) is 10.3. The minimum atomic E-state index is -5.05. The van der Waals surface area contributed by atoms with Gasteiger partial charge in [0, 0.05) is 32.7 Å². The van der Waals surface area contributed by atoms with Gasteiger partial charge in [-0.3, -0.25) is 0 Å². The van der Waals surface area contributed by atoms with Gasteiger partial charge in [0.15, 0.2) is 0 Å². The molecule has 0 aliphatic rings. The van der Waals surface area contributed by atoms with Crippen molar-refractivity contribution in [1.29, 1.82) is 5.26 Å². The molecule has 9 heteroatoms. The van der Waals surface area contributed by atoms with Crippen molar-refractivity contribution >= 4 is 43.6 Å². The van der Waals surface area contributed by atoms with Gasteiger partial charge >= 0.3 is 12.4 Å². The van der Waals surface area contributed by atoms with Crippen molar-refractivity contribution in [3.05, 3.63) is 215 Å². The monoisotopic (exact) mass is 929 g/mol. The van der Waals surface area contributed by atoms with Crippen LogP contribution in [0.4, 0.5) is 26.3 Å². The van der Waals surface area contributed by atoms with Gasteiger partial charge in [-0.05, 0) is 151 Å². The Bertz CT molecular complexity index is 3960. The number of para-hydroxylation sites is 2. The molecule has 0 radical (unpaired) electrons. The van der Waals surface area contributed by atoms with Crippen LogP contribution in [0, 0.1) is 39.0 Å². The molecule has 11 rings (SSSR count). The number of hydrogen-bond acceptors (Lipinski definition) is 1. The van der Waals surface area contributed by atoms with Gasteiger partial charge in [-0.2, -0.15) is 31.6 Å². The molecule has 0 aliphatic heterocycles. The second-order valence-corrected chi connectivity index (χ2v) is 18.2. The lowest BCUT2D eigenvalue weighted by molar-refractivity contribution is -0.143. The van der Waals surface area contributed by atoms with Crippen LogP contribution in [0.2, 0.25) is 0 Å². The molecule has 0 fully saturated rings. The summed E-state index contributed by atoms with van der Waals surface area (Å²) in [5.41, 5.74) is 11.9. The van der Waals surface area contributed by atoms with Crippen molar-refractivity contribution in [2.24, 2.45) is 0 Å². The topological polar surface area (TPSA) is 33.6 Å². The molecule has 70 heavy (non-hydrogen) atoms. The summed E-state index contributed by atoms with van der Waals surface area (Å²) >= 11 is 0. The lowest BCUT2D eigenvalue weighted by atomic mass is 9.93. The molecule has 11 aromatic rings. The molecular formula is C61H41F6N3. The van der Waals surface area contributed by atoms with Crippen LogP contribution in [0.15, 0.2) is 176 Å². The van der Waals surface area contributed by atoms with E-state index >= 15 is 0 Å². The Morgan fingerprint density at radius 1 is 0.371 bits per heavy atom. The van der Waals surface area contributed by atoms with Crippen molar-refractivity contribution in [3.63, 3.8) is 0 Å². The third-order valence-corrected chi connectivity index (χ3v) is 13.5. The molecule has 0 saturated carbocycles. The number of benzene rings is 9. The predicted octanol–water partition coefficient (Wildman–Crippen LogP) is 17.7. The first kappa shape index (κ1) is 44.2. The molecule has 0 saturated heterocycles. The molecule has 0 atom stereocenters. The average Bonchev–Trinajstić information content (AvgIpc) is 3.85. The first-order chi connectivity index (χ1) is 33.5. The van der Waals surface area contributed by atoms with Gasteiger partial charge in [-0.1, -0.05) is 108 Å².